The molecule has 0 aliphatic carbocycles. The summed E-state index contributed by atoms with van der Waals surface area (Å²) in [5, 5.41) is 4.16. The fourth-order valence-corrected chi connectivity index (χ4v) is 2.96. The molecule has 0 fully saturated rings. The van der Waals surface area contributed by atoms with Crippen LogP contribution < -0.4 is 5.32 Å². The van der Waals surface area contributed by atoms with Gasteiger partial charge in [0, 0.05) is 21.7 Å². The van der Waals surface area contributed by atoms with Crippen molar-refractivity contribution >= 4 is 34.4 Å². The van der Waals surface area contributed by atoms with Crippen LogP contribution in [0.3, 0.4) is 0 Å². The lowest BCUT2D eigenvalue weighted by Crippen LogP contribution is -2.13. The third kappa shape index (κ3) is 3.93. The molecule has 4 aromatic rings. The molecular formula is C21H16ClN3O2. The van der Waals surface area contributed by atoms with Gasteiger partial charge < -0.3 is 9.72 Å². The Kier molecular flexibility index (Phi) is 4.77. The van der Waals surface area contributed by atoms with E-state index in [1.54, 1.807) is 12.3 Å². The standard InChI is InChI=1S/C21H16ClN3O2/c22-18-9-5-4-8-15(18)13-27-21(26)24-17-10-16-11-19(25-20(16)23-12-17)14-6-2-1-3-7-14/h1-12H,13H2,(H,23,25)(H,24,26). The van der Waals surface area contributed by atoms with Crippen LogP contribution in [-0.4, -0.2) is 16.1 Å². The molecule has 0 aliphatic heterocycles. The van der Waals surface area contributed by atoms with E-state index in [2.05, 4.69) is 15.3 Å². The summed E-state index contributed by atoms with van der Waals surface area (Å²) in [6.45, 7) is 0.101. The van der Waals surface area contributed by atoms with E-state index < -0.39 is 6.09 Å². The Morgan fingerprint density at radius 1 is 1.07 bits per heavy atom. The number of H-pyrrole nitrogens is 1. The largest absolute Gasteiger partial charge is 0.444 e. The summed E-state index contributed by atoms with van der Waals surface area (Å²) in [6, 6.07) is 21.1. The van der Waals surface area contributed by atoms with E-state index in [-0.39, 0.29) is 6.61 Å². The quantitative estimate of drug-likeness (QED) is 0.484. The summed E-state index contributed by atoms with van der Waals surface area (Å²) in [5.74, 6) is 0. The monoisotopic (exact) mass is 377 g/mol. The third-order valence-corrected chi connectivity index (χ3v) is 4.49. The maximum absolute atomic E-state index is 12.0. The van der Waals surface area contributed by atoms with E-state index >= 15 is 0 Å². The van der Waals surface area contributed by atoms with Crippen molar-refractivity contribution < 1.29 is 9.53 Å². The van der Waals surface area contributed by atoms with Gasteiger partial charge in [0.05, 0.1) is 11.9 Å². The molecule has 2 heterocycles. The highest BCUT2D eigenvalue weighted by Gasteiger charge is 2.09. The van der Waals surface area contributed by atoms with Crippen LogP contribution in [0.15, 0.2) is 72.9 Å². The highest BCUT2D eigenvalue weighted by Crippen LogP contribution is 2.24. The predicted octanol–water partition coefficient (Wildman–Crippen LogP) is 5.63. The summed E-state index contributed by atoms with van der Waals surface area (Å²) in [4.78, 5) is 19.7. The number of carbonyl (C=O) groups excluding carboxylic acids is 1. The Balaban J connectivity index is 1.46. The lowest BCUT2D eigenvalue weighted by atomic mass is 10.1. The number of anilines is 1. The molecule has 5 nitrogen and oxygen atoms in total. The molecule has 0 atom stereocenters. The molecule has 1 amide bonds. The number of nitrogens with zero attached hydrogens (tertiary/aromatic N) is 1. The summed E-state index contributed by atoms with van der Waals surface area (Å²) < 4.78 is 5.23. The van der Waals surface area contributed by atoms with Gasteiger partial charge in [-0.3, -0.25) is 5.32 Å². The van der Waals surface area contributed by atoms with Crippen LogP contribution in [0.1, 0.15) is 5.56 Å². The number of aromatic amines is 1. The van der Waals surface area contributed by atoms with Crippen LogP contribution in [0.2, 0.25) is 5.02 Å². The number of fused-ring (bicyclic) bond motifs is 1. The van der Waals surface area contributed by atoms with Crippen LogP contribution in [-0.2, 0) is 11.3 Å². The minimum Gasteiger partial charge on any atom is -0.444 e. The van der Waals surface area contributed by atoms with Crippen LogP contribution in [0.25, 0.3) is 22.3 Å². The molecule has 134 valence electrons. The molecule has 0 spiro atoms. The Morgan fingerprint density at radius 3 is 2.67 bits per heavy atom. The maximum atomic E-state index is 12.0. The molecule has 2 aromatic carbocycles. The first-order chi connectivity index (χ1) is 13.2. The van der Waals surface area contributed by atoms with E-state index in [9.17, 15) is 4.79 Å². The molecular weight excluding hydrogens is 362 g/mol. The average molecular weight is 378 g/mol. The number of nitrogens with one attached hydrogen (secondary N) is 2. The van der Waals surface area contributed by atoms with E-state index in [0.717, 1.165) is 27.9 Å². The second kappa shape index (κ2) is 7.51. The lowest BCUT2D eigenvalue weighted by Gasteiger charge is -2.08. The van der Waals surface area contributed by atoms with Gasteiger partial charge in [-0.25, -0.2) is 9.78 Å². The minimum atomic E-state index is -0.560. The zero-order valence-corrected chi connectivity index (χ0v) is 15.0. The number of amides is 1. The first-order valence-electron chi connectivity index (χ1n) is 8.40. The van der Waals surface area contributed by atoms with Crippen molar-refractivity contribution in [2.45, 2.75) is 6.61 Å². The fraction of sp³-hybridized carbons (Fsp3) is 0.0476. The average Bonchev–Trinajstić information content (AvgIpc) is 3.11. The van der Waals surface area contributed by atoms with Crippen molar-refractivity contribution in [1.82, 2.24) is 9.97 Å². The van der Waals surface area contributed by atoms with Crippen molar-refractivity contribution in [2.24, 2.45) is 0 Å². The van der Waals surface area contributed by atoms with Gasteiger partial charge >= 0.3 is 6.09 Å². The molecule has 0 saturated heterocycles. The summed E-state index contributed by atoms with van der Waals surface area (Å²) >= 11 is 6.06. The molecule has 0 bridgehead atoms. The van der Waals surface area contributed by atoms with Crippen LogP contribution in [0.5, 0.6) is 0 Å². The van der Waals surface area contributed by atoms with Gasteiger partial charge in [-0.05, 0) is 23.8 Å². The SMILES string of the molecule is O=C(Nc1cnc2[nH]c(-c3ccccc3)cc2c1)OCc1ccccc1Cl. The Labute approximate surface area is 161 Å². The van der Waals surface area contributed by atoms with Crippen LogP contribution in [0, 0.1) is 0 Å². The summed E-state index contributed by atoms with van der Waals surface area (Å²) in [6.07, 6.45) is 1.03. The highest BCUT2D eigenvalue weighted by atomic mass is 35.5. The number of pyridine rings is 1. The number of aromatic nitrogens is 2. The number of ether oxygens (including phenoxy) is 1. The predicted molar refractivity (Wildman–Crippen MR) is 107 cm³/mol. The van der Waals surface area contributed by atoms with Gasteiger partial charge in [-0.2, -0.15) is 0 Å². The van der Waals surface area contributed by atoms with E-state index in [1.807, 2.05) is 60.7 Å². The zero-order chi connectivity index (χ0) is 18.6. The Hall–Kier alpha value is -3.31. The first-order valence-corrected chi connectivity index (χ1v) is 8.78. The second-order valence-electron chi connectivity index (χ2n) is 6.00. The topological polar surface area (TPSA) is 67.0 Å². The highest BCUT2D eigenvalue weighted by molar-refractivity contribution is 6.31. The smallest absolute Gasteiger partial charge is 0.412 e. The van der Waals surface area contributed by atoms with Crippen molar-refractivity contribution in [3.8, 4) is 11.3 Å². The fourth-order valence-electron chi connectivity index (χ4n) is 2.77. The number of hydrogen-bond acceptors (Lipinski definition) is 3. The molecule has 0 unspecified atom stereocenters. The van der Waals surface area contributed by atoms with E-state index in [1.165, 1.54) is 0 Å². The summed E-state index contributed by atoms with van der Waals surface area (Å²) in [7, 11) is 0. The van der Waals surface area contributed by atoms with Crippen molar-refractivity contribution in [2.75, 3.05) is 5.32 Å². The van der Waals surface area contributed by atoms with E-state index in [0.29, 0.717) is 10.7 Å². The third-order valence-electron chi connectivity index (χ3n) is 4.12. The molecule has 0 radical (unpaired) electrons. The molecule has 27 heavy (non-hydrogen) atoms. The number of rotatable bonds is 4. The molecule has 0 aliphatic rings. The maximum Gasteiger partial charge on any atom is 0.412 e. The molecule has 4 rings (SSSR count). The van der Waals surface area contributed by atoms with Gasteiger partial charge in [0.25, 0.3) is 0 Å². The number of hydrogen-bond donors (Lipinski definition) is 2. The zero-order valence-electron chi connectivity index (χ0n) is 14.3. The minimum absolute atomic E-state index is 0.101. The van der Waals surface area contributed by atoms with Gasteiger partial charge in [0.15, 0.2) is 0 Å². The van der Waals surface area contributed by atoms with E-state index in [4.69, 9.17) is 16.3 Å². The second-order valence-corrected chi connectivity index (χ2v) is 6.41. The van der Waals surface area contributed by atoms with Crippen molar-refractivity contribution in [3.05, 3.63) is 83.5 Å². The Morgan fingerprint density at radius 2 is 1.85 bits per heavy atom. The van der Waals surface area contributed by atoms with Crippen molar-refractivity contribution in [3.63, 3.8) is 0 Å². The van der Waals surface area contributed by atoms with Crippen molar-refractivity contribution in [1.29, 1.82) is 0 Å². The molecule has 6 heteroatoms. The number of carbonyl (C=O) groups is 1. The summed E-state index contributed by atoms with van der Waals surface area (Å²) in [5.41, 5.74) is 4.11. The molecule has 0 saturated carbocycles. The Bertz CT molecular complexity index is 1090. The molecule has 2 N–H and O–H groups in total. The van der Waals surface area contributed by atoms with Gasteiger partial charge in [0.1, 0.15) is 12.3 Å². The number of halogens is 1. The normalized spacial score (nSPS) is 10.7. The van der Waals surface area contributed by atoms with Crippen LogP contribution in [0.4, 0.5) is 10.5 Å². The first kappa shape index (κ1) is 17.1. The molecule has 2 aromatic heterocycles. The van der Waals surface area contributed by atoms with Gasteiger partial charge in [-0.1, -0.05) is 60.1 Å². The lowest BCUT2D eigenvalue weighted by molar-refractivity contribution is 0.155. The number of benzene rings is 2. The van der Waals surface area contributed by atoms with Gasteiger partial charge in [0.2, 0.25) is 0 Å². The van der Waals surface area contributed by atoms with Gasteiger partial charge in [-0.15, -0.1) is 0 Å². The van der Waals surface area contributed by atoms with Crippen LogP contribution >= 0.6 is 11.6 Å².